The Labute approximate surface area is 79.1 Å². The first-order chi connectivity index (χ1) is 5.74. The van der Waals surface area contributed by atoms with Crippen LogP contribution < -0.4 is 0 Å². The fourth-order valence-electron chi connectivity index (χ4n) is 1.00. The number of allylic oxidation sites excluding steroid dienone is 1. The summed E-state index contributed by atoms with van der Waals surface area (Å²) in [6, 6.07) is 0. The molecule has 0 heterocycles. The molecule has 0 aliphatic carbocycles. The van der Waals surface area contributed by atoms with Gasteiger partial charge in [-0.1, -0.05) is 5.57 Å². The average Bonchev–Trinajstić information content (AvgIpc) is 1.82. The minimum Gasteiger partial charge on any atom is -0.478 e. The quantitative estimate of drug-likeness (QED) is 0.660. The van der Waals surface area contributed by atoms with E-state index in [0.29, 0.717) is 18.4 Å². The summed E-state index contributed by atoms with van der Waals surface area (Å²) < 4.78 is 0. The van der Waals surface area contributed by atoms with Crippen LogP contribution in [-0.4, -0.2) is 21.8 Å². The molecule has 0 rings (SSSR count). The van der Waals surface area contributed by atoms with E-state index in [-0.39, 0.29) is 0 Å². The van der Waals surface area contributed by atoms with Gasteiger partial charge in [0, 0.05) is 5.57 Å². The van der Waals surface area contributed by atoms with Gasteiger partial charge in [-0.15, -0.1) is 0 Å². The summed E-state index contributed by atoms with van der Waals surface area (Å²) in [4.78, 5) is 10.7. The van der Waals surface area contributed by atoms with Crippen LogP contribution >= 0.6 is 0 Å². The van der Waals surface area contributed by atoms with E-state index in [9.17, 15) is 9.90 Å². The van der Waals surface area contributed by atoms with Crippen molar-refractivity contribution >= 4 is 5.97 Å². The van der Waals surface area contributed by atoms with Crippen LogP contribution in [0.2, 0.25) is 0 Å². The molecular weight excluding hydrogens is 168 g/mol. The molecule has 0 aliphatic heterocycles. The minimum atomic E-state index is -0.885. The zero-order valence-corrected chi connectivity index (χ0v) is 8.72. The molecule has 0 spiro atoms. The Kier molecular flexibility index (Phi) is 4.14. The molecule has 0 aromatic carbocycles. The number of aliphatic carboxylic acids is 1. The maximum atomic E-state index is 10.7. The van der Waals surface area contributed by atoms with Crippen molar-refractivity contribution < 1.29 is 15.0 Å². The summed E-state index contributed by atoms with van der Waals surface area (Å²) in [7, 11) is 0. The zero-order chi connectivity index (χ0) is 10.6. The van der Waals surface area contributed by atoms with Gasteiger partial charge in [-0.25, -0.2) is 4.79 Å². The van der Waals surface area contributed by atoms with E-state index in [1.165, 1.54) is 0 Å². The number of carbonyl (C=O) groups is 1. The van der Waals surface area contributed by atoms with Crippen LogP contribution in [0.3, 0.4) is 0 Å². The fourth-order valence-corrected chi connectivity index (χ4v) is 1.00. The highest BCUT2D eigenvalue weighted by molar-refractivity contribution is 5.87. The molecule has 13 heavy (non-hydrogen) atoms. The third-order valence-corrected chi connectivity index (χ3v) is 1.85. The summed E-state index contributed by atoms with van der Waals surface area (Å²) in [6.07, 6.45) is 0.890. The van der Waals surface area contributed by atoms with Gasteiger partial charge in [-0.05, 0) is 40.5 Å². The van der Waals surface area contributed by atoms with Gasteiger partial charge in [0.15, 0.2) is 0 Å². The summed E-state index contributed by atoms with van der Waals surface area (Å²) >= 11 is 0. The summed E-state index contributed by atoms with van der Waals surface area (Å²) in [5, 5.41) is 18.2. The third kappa shape index (κ3) is 5.42. The lowest BCUT2D eigenvalue weighted by Crippen LogP contribution is -2.19. The molecule has 3 nitrogen and oxygen atoms in total. The van der Waals surface area contributed by atoms with Gasteiger partial charge in [0.25, 0.3) is 0 Å². The summed E-state index contributed by atoms with van der Waals surface area (Å²) in [5.41, 5.74) is 0.412. The van der Waals surface area contributed by atoms with Crippen molar-refractivity contribution in [3.63, 3.8) is 0 Å². The van der Waals surface area contributed by atoms with Crippen LogP contribution in [0.25, 0.3) is 0 Å². The van der Waals surface area contributed by atoms with Crippen molar-refractivity contribution in [1.29, 1.82) is 0 Å². The lowest BCUT2D eigenvalue weighted by atomic mass is 9.97. The molecule has 0 amide bonds. The van der Waals surface area contributed by atoms with E-state index >= 15 is 0 Å². The van der Waals surface area contributed by atoms with Crippen LogP contribution in [0.5, 0.6) is 0 Å². The molecule has 2 N–H and O–H groups in total. The molecule has 3 heteroatoms. The average molecular weight is 186 g/mol. The van der Waals surface area contributed by atoms with Crippen LogP contribution in [0.1, 0.15) is 40.5 Å². The Balaban J connectivity index is 4.33. The first-order valence-corrected chi connectivity index (χ1v) is 4.36. The molecule has 0 bridgehead atoms. The maximum absolute atomic E-state index is 10.7. The Morgan fingerprint density at radius 1 is 1.31 bits per heavy atom. The standard InChI is InChI=1S/C10H18O3/c1-7(2)8(9(11)12)5-6-10(3,4)13/h13H,5-6H2,1-4H3,(H,11,12). The molecular formula is C10H18O3. The van der Waals surface area contributed by atoms with Crippen molar-refractivity contribution in [3.05, 3.63) is 11.1 Å². The molecule has 0 aliphatic rings. The second kappa shape index (κ2) is 4.42. The van der Waals surface area contributed by atoms with Crippen molar-refractivity contribution in [2.75, 3.05) is 0 Å². The Hall–Kier alpha value is -0.830. The number of hydrogen-bond donors (Lipinski definition) is 2. The van der Waals surface area contributed by atoms with Gasteiger partial charge in [0.1, 0.15) is 0 Å². The highest BCUT2D eigenvalue weighted by Gasteiger charge is 2.16. The SMILES string of the molecule is CC(C)=C(CCC(C)(C)O)C(=O)O. The number of aliphatic hydroxyl groups is 1. The number of carboxylic acids is 1. The first-order valence-electron chi connectivity index (χ1n) is 4.36. The second-order valence-electron chi connectivity index (χ2n) is 4.10. The smallest absolute Gasteiger partial charge is 0.331 e. The first kappa shape index (κ1) is 12.2. The van der Waals surface area contributed by atoms with E-state index in [0.717, 1.165) is 5.57 Å². The van der Waals surface area contributed by atoms with E-state index in [4.69, 9.17) is 5.11 Å². The largest absolute Gasteiger partial charge is 0.478 e. The zero-order valence-electron chi connectivity index (χ0n) is 8.72. The highest BCUT2D eigenvalue weighted by Crippen LogP contribution is 2.17. The van der Waals surface area contributed by atoms with Gasteiger partial charge in [-0.3, -0.25) is 0 Å². The van der Waals surface area contributed by atoms with E-state index in [1.807, 2.05) is 0 Å². The molecule has 0 saturated heterocycles. The monoisotopic (exact) mass is 186 g/mol. The van der Waals surface area contributed by atoms with Crippen LogP contribution in [-0.2, 0) is 4.79 Å². The lowest BCUT2D eigenvalue weighted by molar-refractivity contribution is -0.132. The predicted molar refractivity (Wildman–Crippen MR) is 51.5 cm³/mol. The van der Waals surface area contributed by atoms with Gasteiger partial charge < -0.3 is 10.2 Å². The maximum Gasteiger partial charge on any atom is 0.331 e. The van der Waals surface area contributed by atoms with E-state index < -0.39 is 11.6 Å². The van der Waals surface area contributed by atoms with Gasteiger partial charge >= 0.3 is 5.97 Å². The minimum absolute atomic E-state index is 0.405. The highest BCUT2D eigenvalue weighted by atomic mass is 16.4. The molecule has 0 saturated carbocycles. The molecule has 0 atom stereocenters. The van der Waals surface area contributed by atoms with Crippen molar-refractivity contribution in [2.45, 2.75) is 46.1 Å². The van der Waals surface area contributed by atoms with E-state index in [1.54, 1.807) is 27.7 Å². The molecule has 0 aromatic rings. The van der Waals surface area contributed by atoms with E-state index in [2.05, 4.69) is 0 Å². The predicted octanol–water partition coefficient (Wildman–Crippen LogP) is 1.96. The van der Waals surface area contributed by atoms with Crippen molar-refractivity contribution in [1.82, 2.24) is 0 Å². The lowest BCUT2D eigenvalue weighted by Gasteiger charge is -2.17. The number of hydrogen-bond acceptors (Lipinski definition) is 2. The Morgan fingerprint density at radius 3 is 2.00 bits per heavy atom. The topological polar surface area (TPSA) is 57.5 Å². The summed E-state index contributed by atoms with van der Waals surface area (Å²) in [5.74, 6) is -0.885. The molecule has 0 radical (unpaired) electrons. The van der Waals surface area contributed by atoms with Crippen LogP contribution in [0.4, 0.5) is 0 Å². The summed E-state index contributed by atoms with van der Waals surface area (Å²) in [6.45, 7) is 6.90. The number of carboxylic acid groups (broad SMARTS) is 1. The molecule has 76 valence electrons. The molecule has 0 fully saturated rings. The third-order valence-electron chi connectivity index (χ3n) is 1.85. The second-order valence-corrected chi connectivity index (χ2v) is 4.10. The normalized spacial score (nSPS) is 11.2. The Morgan fingerprint density at radius 2 is 1.77 bits per heavy atom. The van der Waals surface area contributed by atoms with Crippen LogP contribution in [0.15, 0.2) is 11.1 Å². The van der Waals surface area contributed by atoms with Gasteiger partial charge in [-0.2, -0.15) is 0 Å². The molecule has 0 aromatic heterocycles. The van der Waals surface area contributed by atoms with Gasteiger partial charge in [0.2, 0.25) is 0 Å². The molecule has 0 unspecified atom stereocenters. The number of rotatable bonds is 4. The fraction of sp³-hybridized carbons (Fsp3) is 0.700. The van der Waals surface area contributed by atoms with Gasteiger partial charge in [0.05, 0.1) is 5.60 Å². The Bertz CT molecular complexity index is 217. The van der Waals surface area contributed by atoms with Crippen LogP contribution in [0, 0.1) is 0 Å². The van der Waals surface area contributed by atoms with Crippen molar-refractivity contribution in [3.8, 4) is 0 Å². The van der Waals surface area contributed by atoms with Crippen molar-refractivity contribution in [2.24, 2.45) is 0 Å².